The van der Waals surface area contributed by atoms with Crippen LogP contribution in [-0.2, 0) is 0 Å². The molecule has 0 amide bonds. The minimum atomic E-state index is -0.468. The molecule has 0 aromatic carbocycles. The smallest absolute Gasteiger partial charge is 0.122 e. The predicted molar refractivity (Wildman–Crippen MR) is 47.8 cm³/mol. The van der Waals surface area contributed by atoms with E-state index < -0.39 is 6.04 Å². The van der Waals surface area contributed by atoms with Crippen LogP contribution in [0.15, 0.2) is 34.0 Å². The Kier molecular flexibility index (Phi) is 3.84. The Bertz CT molecular complexity index is 340. The topological polar surface area (TPSA) is 125 Å². The van der Waals surface area contributed by atoms with Gasteiger partial charge in [0.25, 0.3) is 0 Å². The number of hydrogen-bond acceptors (Lipinski definition) is 5. The fraction of sp³-hybridized carbons (Fsp3) is 0.333. The van der Waals surface area contributed by atoms with Gasteiger partial charge in [-0.1, -0.05) is 10.3 Å². The molecule has 0 aliphatic carbocycles. The van der Waals surface area contributed by atoms with Crippen LogP contribution in [-0.4, -0.2) is 16.5 Å². The maximum absolute atomic E-state index is 8.15. The molecule has 1 rings (SSSR count). The van der Waals surface area contributed by atoms with E-state index >= 15 is 0 Å². The van der Waals surface area contributed by atoms with Crippen LogP contribution in [0.25, 0.3) is 10.4 Å². The molecule has 2 N–H and O–H groups in total. The second-order valence-electron chi connectivity index (χ2n) is 2.29. The fourth-order valence-electron chi connectivity index (χ4n) is 0.866. The Morgan fingerprint density at radius 2 is 2.43 bits per heavy atom. The fourth-order valence-corrected chi connectivity index (χ4v) is 0.866. The van der Waals surface area contributed by atoms with Gasteiger partial charge in [0.1, 0.15) is 6.04 Å². The van der Waals surface area contributed by atoms with Crippen molar-refractivity contribution in [1.29, 1.82) is 0 Å². The molecule has 1 atom stereocenters. The normalized spacial score (nSPS) is 12.3. The lowest BCUT2D eigenvalue weighted by Crippen LogP contribution is -2.02. The summed E-state index contributed by atoms with van der Waals surface area (Å²) in [6.45, 7) is 0.121. The lowest BCUT2D eigenvalue weighted by Gasteiger charge is -2.04. The first-order chi connectivity index (χ1) is 6.88. The minimum absolute atomic E-state index is 0.121. The van der Waals surface area contributed by atoms with Gasteiger partial charge in [-0.05, 0) is 5.53 Å². The molecule has 8 nitrogen and oxygen atoms in total. The summed E-state index contributed by atoms with van der Waals surface area (Å²) in [6.07, 6.45) is 4.57. The first-order valence-electron chi connectivity index (χ1n) is 3.75. The molecule has 1 aromatic rings. The average Bonchev–Trinajstić information content (AvgIpc) is 2.25. The zero-order valence-corrected chi connectivity index (χ0v) is 7.22. The highest BCUT2D eigenvalue weighted by Gasteiger charge is 2.10. The van der Waals surface area contributed by atoms with Gasteiger partial charge in [-0.15, -0.1) is 0 Å². The van der Waals surface area contributed by atoms with Crippen LogP contribution < -0.4 is 5.84 Å². The van der Waals surface area contributed by atoms with E-state index in [1.54, 1.807) is 0 Å². The van der Waals surface area contributed by atoms with Gasteiger partial charge >= 0.3 is 0 Å². The van der Waals surface area contributed by atoms with Gasteiger partial charge in [-0.25, -0.2) is 0 Å². The molecule has 1 aromatic heterocycles. The summed E-state index contributed by atoms with van der Waals surface area (Å²) < 4.78 is 0. The van der Waals surface area contributed by atoms with E-state index in [-0.39, 0.29) is 6.54 Å². The van der Waals surface area contributed by atoms with Gasteiger partial charge in [0, 0.05) is 17.3 Å². The summed E-state index contributed by atoms with van der Waals surface area (Å²) in [5, 5.41) is 10.2. The number of nitrogens with two attached hydrogens (primary N) is 1. The van der Waals surface area contributed by atoms with E-state index in [9.17, 15) is 0 Å². The Hall–Kier alpha value is -2.21. The van der Waals surface area contributed by atoms with E-state index in [1.165, 1.54) is 18.6 Å². The van der Waals surface area contributed by atoms with Crippen molar-refractivity contribution in [2.24, 2.45) is 21.3 Å². The van der Waals surface area contributed by atoms with Crippen LogP contribution >= 0.6 is 0 Å². The molecule has 0 radical (unpaired) electrons. The van der Waals surface area contributed by atoms with E-state index in [4.69, 9.17) is 11.4 Å². The standard InChI is InChI=1S/C6H8N8/c7-13-11-4-6(12-14-8)5-3-9-1-2-10-5/h1-3,6H,4H2,(H2,8,12). The van der Waals surface area contributed by atoms with Crippen molar-refractivity contribution in [2.75, 3.05) is 6.54 Å². The number of nitrogens with zero attached hydrogens (tertiary/aromatic N) is 7. The van der Waals surface area contributed by atoms with Gasteiger partial charge in [0.05, 0.1) is 18.4 Å². The van der Waals surface area contributed by atoms with Crippen molar-refractivity contribution in [3.8, 4) is 0 Å². The molecule has 14 heavy (non-hydrogen) atoms. The van der Waals surface area contributed by atoms with E-state index in [0.717, 1.165) is 0 Å². The molecular formula is C6H8N8. The first kappa shape index (κ1) is 9.87. The Balaban J connectivity index is 2.82. The van der Waals surface area contributed by atoms with Gasteiger partial charge < -0.3 is 5.84 Å². The van der Waals surface area contributed by atoms with Crippen LogP contribution in [0.4, 0.5) is 0 Å². The van der Waals surface area contributed by atoms with Crippen LogP contribution in [0.3, 0.4) is 0 Å². The lowest BCUT2D eigenvalue weighted by molar-refractivity contribution is 0.654. The largest absolute Gasteiger partial charge is 0.305 e. The van der Waals surface area contributed by atoms with Gasteiger partial charge in [-0.2, -0.15) is 5.11 Å². The Labute approximate surface area is 79.5 Å². The quantitative estimate of drug-likeness (QED) is 0.253. The zero-order valence-electron chi connectivity index (χ0n) is 7.22. The van der Waals surface area contributed by atoms with Crippen molar-refractivity contribution >= 4 is 0 Å². The van der Waals surface area contributed by atoms with Crippen molar-refractivity contribution in [2.45, 2.75) is 6.04 Å². The molecule has 0 aliphatic rings. The number of azide groups is 1. The summed E-state index contributed by atoms with van der Waals surface area (Å²) >= 11 is 0. The van der Waals surface area contributed by atoms with Crippen LogP contribution in [0.2, 0.25) is 0 Å². The van der Waals surface area contributed by atoms with Crippen LogP contribution in [0.5, 0.6) is 0 Å². The van der Waals surface area contributed by atoms with Crippen LogP contribution in [0, 0.1) is 0 Å². The van der Waals surface area contributed by atoms with Crippen molar-refractivity contribution < 1.29 is 0 Å². The van der Waals surface area contributed by atoms with E-state index in [1.807, 2.05) is 0 Å². The molecule has 8 heteroatoms. The minimum Gasteiger partial charge on any atom is -0.305 e. The van der Waals surface area contributed by atoms with Gasteiger partial charge in [-0.3, -0.25) is 9.97 Å². The number of hydrogen-bond donors (Lipinski definition) is 1. The van der Waals surface area contributed by atoms with Crippen molar-refractivity contribution in [3.05, 3.63) is 34.7 Å². The molecule has 0 spiro atoms. The monoisotopic (exact) mass is 192 g/mol. The molecule has 0 saturated heterocycles. The van der Waals surface area contributed by atoms with Gasteiger partial charge in [0.2, 0.25) is 0 Å². The van der Waals surface area contributed by atoms with Crippen LogP contribution in [0.1, 0.15) is 11.7 Å². The second kappa shape index (κ2) is 5.44. The third-order valence-electron chi connectivity index (χ3n) is 1.45. The van der Waals surface area contributed by atoms with Gasteiger partial charge in [0.15, 0.2) is 0 Å². The maximum atomic E-state index is 8.15. The Morgan fingerprint density at radius 1 is 1.57 bits per heavy atom. The van der Waals surface area contributed by atoms with E-state index in [2.05, 4.69) is 30.3 Å². The molecule has 1 heterocycles. The third kappa shape index (κ3) is 2.68. The molecule has 0 bridgehead atoms. The summed E-state index contributed by atoms with van der Waals surface area (Å²) in [4.78, 5) is 10.5. The summed E-state index contributed by atoms with van der Waals surface area (Å²) in [6, 6.07) is -0.468. The number of aromatic nitrogens is 2. The highest BCUT2D eigenvalue weighted by Crippen LogP contribution is 2.13. The third-order valence-corrected chi connectivity index (χ3v) is 1.45. The summed E-state index contributed by atoms with van der Waals surface area (Å²) in [5.41, 5.74) is 8.71. The molecule has 72 valence electrons. The zero-order chi connectivity index (χ0) is 10.2. The second-order valence-corrected chi connectivity index (χ2v) is 2.29. The molecule has 0 fully saturated rings. The maximum Gasteiger partial charge on any atom is 0.122 e. The van der Waals surface area contributed by atoms with E-state index in [0.29, 0.717) is 5.69 Å². The molecule has 0 saturated carbocycles. The lowest BCUT2D eigenvalue weighted by atomic mass is 10.2. The SMILES string of the molecule is [N-]=[N+]=NCC(N=NN)c1cnccn1. The molecule has 1 unspecified atom stereocenters. The summed E-state index contributed by atoms with van der Waals surface area (Å²) in [7, 11) is 0. The highest BCUT2D eigenvalue weighted by atomic mass is 15.3. The average molecular weight is 192 g/mol. The van der Waals surface area contributed by atoms with Crippen molar-refractivity contribution in [3.63, 3.8) is 0 Å². The Morgan fingerprint density at radius 3 is 3.00 bits per heavy atom. The summed E-state index contributed by atoms with van der Waals surface area (Å²) in [5.74, 6) is 4.91. The predicted octanol–water partition coefficient (Wildman–Crippen LogP) is 1.15. The van der Waals surface area contributed by atoms with Crippen molar-refractivity contribution in [1.82, 2.24) is 9.97 Å². The molecule has 0 aliphatic heterocycles. The number of rotatable bonds is 4. The molecular weight excluding hydrogens is 184 g/mol. The first-order valence-corrected chi connectivity index (χ1v) is 3.75. The highest BCUT2D eigenvalue weighted by molar-refractivity contribution is 5.02.